The molecule has 1 aliphatic rings. The van der Waals surface area contributed by atoms with Gasteiger partial charge in [0.05, 0.1) is 7.22 Å². The van der Waals surface area contributed by atoms with Crippen molar-refractivity contribution < 1.29 is 6.17 Å². The summed E-state index contributed by atoms with van der Waals surface area (Å²) in [6.07, 6.45) is 2.58. The third kappa shape index (κ3) is 1.61. The van der Waals surface area contributed by atoms with Crippen molar-refractivity contribution in [3.8, 4) is 0 Å². The van der Waals surface area contributed by atoms with Gasteiger partial charge in [-0.15, -0.1) is 0 Å². The molecule has 52 valence electrons. The van der Waals surface area contributed by atoms with E-state index in [1.807, 2.05) is 0 Å². The Kier molecular flexibility index (Phi) is 1.93. The standard InChI is InChI=1S/C6H11NOS/c8-6-3-1-2-4-7(6)5-9/h9H,1-5H2/i5T. The van der Waals surface area contributed by atoms with Crippen LogP contribution in [0.25, 0.3) is 0 Å². The molecule has 0 N–H and O–H groups in total. The largest absolute Gasteiger partial charge is 0.334 e. The average molecular weight is 147 g/mol. The number of carbonyl (C=O) groups is 1. The molecule has 1 saturated heterocycles. The highest BCUT2D eigenvalue weighted by molar-refractivity contribution is 7.80. The molecule has 1 fully saturated rings. The van der Waals surface area contributed by atoms with Gasteiger partial charge >= 0.3 is 0 Å². The first-order chi connectivity index (χ1) is 4.72. The van der Waals surface area contributed by atoms with Crippen molar-refractivity contribution in [2.45, 2.75) is 19.3 Å². The molecule has 0 bridgehead atoms. The fourth-order valence-corrected chi connectivity index (χ4v) is 1.19. The number of rotatable bonds is 1. The molecule has 0 aromatic rings. The van der Waals surface area contributed by atoms with Gasteiger partial charge in [0.1, 0.15) is 0 Å². The molecule has 0 radical (unpaired) electrons. The minimum Gasteiger partial charge on any atom is -0.334 e. The molecule has 1 amide bonds. The second-order valence-electron chi connectivity index (χ2n) is 2.16. The number of piperidine rings is 1. The van der Waals surface area contributed by atoms with Crippen LogP contribution in [0.15, 0.2) is 0 Å². The van der Waals surface area contributed by atoms with E-state index >= 15 is 0 Å². The molecule has 1 heterocycles. The maximum Gasteiger partial charge on any atom is 0.223 e. The van der Waals surface area contributed by atoms with Gasteiger partial charge < -0.3 is 4.90 Å². The zero-order valence-electron chi connectivity index (χ0n) is 6.21. The number of hydrogen-bond donors (Lipinski definition) is 1. The number of hydrogen-bond acceptors (Lipinski definition) is 2. The lowest BCUT2D eigenvalue weighted by molar-refractivity contribution is -0.132. The summed E-state index contributed by atoms with van der Waals surface area (Å²) in [4.78, 5) is 12.5. The number of thiol groups is 1. The van der Waals surface area contributed by atoms with Gasteiger partial charge in [0, 0.05) is 13.0 Å². The Hall–Kier alpha value is -0.180. The van der Waals surface area contributed by atoms with Crippen LogP contribution < -0.4 is 0 Å². The Morgan fingerprint density at radius 1 is 1.78 bits per heavy atom. The molecule has 1 unspecified atom stereocenters. The van der Waals surface area contributed by atoms with Gasteiger partial charge in [-0.05, 0) is 12.8 Å². The Morgan fingerprint density at radius 2 is 2.56 bits per heavy atom. The summed E-state index contributed by atoms with van der Waals surface area (Å²) in [6, 6.07) is 0. The first-order valence-electron chi connectivity index (χ1n) is 3.69. The van der Waals surface area contributed by atoms with Crippen molar-refractivity contribution in [1.82, 2.24) is 4.90 Å². The Labute approximate surface area is 62.0 Å². The summed E-state index contributed by atoms with van der Waals surface area (Å²) in [6.45, 7) is 0.705. The van der Waals surface area contributed by atoms with E-state index in [4.69, 9.17) is 1.37 Å². The summed E-state index contributed by atoms with van der Waals surface area (Å²) < 4.78 is 7.17. The molecule has 0 aromatic heterocycles. The molecule has 0 spiro atoms. The van der Waals surface area contributed by atoms with Crippen molar-refractivity contribution in [2.75, 3.05) is 12.4 Å². The van der Waals surface area contributed by atoms with E-state index in [-0.39, 0.29) is 5.91 Å². The van der Waals surface area contributed by atoms with E-state index < -0.39 is 5.85 Å². The molecule has 1 atom stereocenters. The molecule has 0 aliphatic carbocycles. The highest BCUT2D eigenvalue weighted by Gasteiger charge is 2.15. The summed E-state index contributed by atoms with van der Waals surface area (Å²) in [5.74, 6) is -0.589. The summed E-state index contributed by atoms with van der Waals surface area (Å²) in [5.41, 5.74) is 0. The second kappa shape index (κ2) is 3.11. The van der Waals surface area contributed by atoms with Crippen LogP contribution in [0.3, 0.4) is 0 Å². The number of amides is 1. The number of nitrogens with zero attached hydrogens (tertiary/aromatic N) is 1. The molecule has 2 nitrogen and oxygen atoms in total. The predicted molar refractivity (Wildman–Crippen MR) is 39.4 cm³/mol. The van der Waals surface area contributed by atoms with E-state index in [1.54, 1.807) is 0 Å². The summed E-state index contributed by atoms with van der Waals surface area (Å²) in [7, 11) is 0. The third-order valence-corrected chi connectivity index (χ3v) is 1.78. The first-order valence-corrected chi connectivity index (χ1v) is 3.63. The third-order valence-electron chi connectivity index (χ3n) is 1.50. The molecular weight excluding hydrogens is 134 g/mol. The molecule has 1 rings (SSSR count). The van der Waals surface area contributed by atoms with Gasteiger partial charge in [0.15, 0.2) is 0 Å². The summed E-state index contributed by atoms with van der Waals surface area (Å²) >= 11 is 3.87. The van der Waals surface area contributed by atoms with Crippen LogP contribution >= 0.6 is 12.6 Å². The van der Waals surface area contributed by atoms with Gasteiger partial charge in [-0.2, -0.15) is 12.6 Å². The molecule has 0 aromatic carbocycles. The highest BCUT2D eigenvalue weighted by Crippen LogP contribution is 2.09. The predicted octanol–water partition coefficient (Wildman–Crippen LogP) is 0.886. The highest BCUT2D eigenvalue weighted by atomic mass is 32.1. The molecule has 1 aliphatic heterocycles. The fraction of sp³-hybridized carbons (Fsp3) is 0.833. The minimum atomic E-state index is -0.659. The van der Waals surface area contributed by atoms with Crippen LogP contribution in [0.2, 0.25) is 0 Å². The smallest absolute Gasteiger partial charge is 0.223 e. The quantitative estimate of drug-likeness (QED) is 0.546. The normalized spacial score (nSPS) is 25.7. The lowest BCUT2D eigenvalue weighted by atomic mass is 10.1. The lowest BCUT2D eigenvalue weighted by Crippen LogP contribution is -2.33. The topological polar surface area (TPSA) is 20.3 Å². The van der Waals surface area contributed by atoms with E-state index in [1.165, 1.54) is 4.90 Å². The fourth-order valence-electron chi connectivity index (χ4n) is 0.949. The van der Waals surface area contributed by atoms with Crippen LogP contribution in [-0.4, -0.2) is 23.2 Å². The van der Waals surface area contributed by atoms with E-state index in [9.17, 15) is 4.79 Å². The van der Waals surface area contributed by atoms with E-state index in [0.29, 0.717) is 13.0 Å². The molecule has 0 saturated carbocycles. The van der Waals surface area contributed by atoms with Crippen LogP contribution in [0.1, 0.15) is 20.6 Å². The van der Waals surface area contributed by atoms with Crippen molar-refractivity contribution in [3.05, 3.63) is 0 Å². The maximum atomic E-state index is 11.0. The Bertz CT molecular complexity index is 140. The van der Waals surface area contributed by atoms with Gasteiger partial charge in [-0.25, -0.2) is 0 Å². The monoisotopic (exact) mass is 147 g/mol. The van der Waals surface area contributed by atoms with Gasteiger partial charge in [0.2, 0.25) is 5.91 Å². The first kappa shape index (κ1) is 5.59. The maximum absolute atomic E-state index is 11.0. The van der Waals surface area contributed by atoms with Crippen molar-refractivity contribution in [3.63, 3.8) is 0 Å². The van der Waals surface area contributed by atoms with Gasteiger partial charge in [-0.3, -0.25) is 4.79 Å². The molecule has 9 heavy (non-hydrogen) atoms. The minimum absolute atomic E-state index is 0.0706. The zero-order chi connectivity index (χ0) is 7.56. The van der Waals surface area contributed by atoms with Crippen LogP contribution in [0.4, 0.5) is 0 Å². The Balaban J connectivity index is 2.48. The van der Waals surface area contributed by atoms with E-state index in [2.05, 4.69) is 12.6 Å². The lowest BCUT2D eigenvalue weighted by Gasteiger charge is -2.24. The van der Waals surface area contributed by atoms with Crippen molar-refractivity contribution >= 4 is 18.5 Å². The average Bonchev–Trinajstić information content (AvgIpc) is 1.88. The number of carbonyl (C=O) groups excluding carboxylic acids is 1. The van der Waals surface area contributed by atoms with Gasteiger partial charge in [0.25, 0.3) is 0 Å². The SMILES string of the molecule is [3H]C(S)N1CCCCC1=O. The molecule has 3 heteroatoms. The van der Waals surface area contributed by atoms with E-state index in [0.717, 1.165) is 12.8 Å². The Morgan fingerprint density at radius 3 is 3.00 bits per heavy atom. The number of likely N-dealkylation sites (tertiary alicyclic amines) is 1. The van der Waals surface area contributed by atoms with Crippen LogP contribution in [-0.2, 0) is 4.79 Å². The van der Waals surface area contributed by atoms with Crippen LogP contribution in [0.5, 0.6) is 0 Å². The molecular formula is C6H11NOS. The van der Waals surface area contributed by atoms with Crippen molar-refractivity contribution in [2.24, 2.45) is 0 Å². The van der Waals surface area contributed by atoms with Gasteiger partial charge in [-0.1, -0.05) is 0 Å². The van der Waals surface area contributed by atoms with Crippen LogP contribution in [0, 0.1) is 0 Å². The second-order valence-corrected chi connectivity index (χ2v) is 2.39. The zero-order valence-corrected chi connectivity index (χ0v) is 6.10. The summed E-state index contributed by atoms with van der Waals surface area (Å²) in [5, 5.41) is 0. The van der Waals surface area contributed by atoms with Crippen molar-refractivity contribution in [1.29, 1.82) is 0 Å².